The molecule has 84 valence electrons. The van der Waals surface area contributed by atoms with E-state index in [0.717, 1.165) is 5.69 Å². The first-order chi connectivity index (χ1) is 6.95. The molecule has 0 aliphatic heterocycles. The van der Waals surface area contributed by atoms with Crippen molar-refractivity contribution in [2.45, 2.75) is 33.2 Å². The molecular weight excluding hydrogens is 208 g/mol. The second-order valence-corrected chi connectivity index (χ2v) is 5.36. The lowest BCUT2D eigenvalue weighted by molar-refractivity contribution is -0.128. The Labute approximate surface area is 94.9 Å². The van der Waals surface area contributed by atoms with Crippen LogP contribution < -0.4 is 5.32 Å². The van der Waals surface area contributed by atoms with Crippen LogP contribution >= 0.6 is 11.3 Å². The molecule has 0 saturated carbocycles. The van der Waals surface area contributed by atoms with Crippen LogP contribution in [0.5, 0.6) is 0 Å². The van der Waals surface area contributed by atoms with Crippen LogP contribution in [0.3, 0.4) is 0 Å². The van der Waals surface area contributed by atoms with E-state index < -0.39 is 0 Å². The van der Waals surface area contributed by atoms with Crippen LogP contribution in [0.25, 0.3) is 0 Å². The van der Waals surface area contributed by atoms with E-state index >= 15 is 0 Å². The molecule has 0 radical (unpaired) electrons. The Morgan fingerprint density at radius 1 is 1.60 bits per heavy atom. The molecule has 0 aliphatic rings. The molecule has 0 fully saturated rings. The van der Waals surface area contributed by atoms with Crippen LogP contribution in [0, 0.1) is 5.41 Å². The summed E-state index contributed by atoms with van der Waals surface area (Å²) in [7, 11) is 1.82. The Hall–Kier alpha value is -0.740. The number of nitrogens with one attached hydrogen (secondary N) is 1. The highest BCUT2D eigenvalue weighted by atomic mass is 32.1. The van der Waals surface area contributed by atoms with Crippen molar-refractivity contribution in [1.29, 1.82) is 0 Å². The number of hydrogen-bond acceptors (Lipinski definition) is 4. The van der Waals surface area contributed by atoms with Gasteiger partial charge in [0.15, 0.2) is 5.78 Å². The third-order valence-electron chi connectivity index (χ3n) is 2.30. The van der Waals surface area contributed by atoms with Gasteiger partial charge in [0.05, 0.1) is 17.2 Å². The van der Waals surface area contributed by atoms with Gasteiger partial charge in [-0.1, -0.05) is 20.8 Å². The largest absolute Gasteiger partial charge is 0.310 e. The Kier molecular flexibility index (Phi) is 3.99. The summed E-state index contributed by atoms with van der Waals surface area (Å²) in [5, 5.41) is 5.05. The van der Waals surface area contributed by atoms with Crippen LogP contribution in [0.2, 0.25) is 0 Å². The number of nitrogens with zero attached hydrogens (tertiary/aromatic N) is 1. The van der Waals surface area contributed by atoms with E-state index in [4.69, 9.17) is 0 Å². The fourth-order valence-electron chi connectivity index (χ4n) is 1.40. The summed E-state index contributed by atoms with van der Waals surface area (Å²) in [5.41, 5.74) is 2.48. The second kappa shape index (κ2) is 4.86. The van der Waals surface area contributed by atoms with Gasteiger partial charge < -0.3 is 5.32 Å². The van der Waals surface area contributed by atoms with Gasteiger partial charge in [-0.3, -0.25) is 4.79 Å². The van der Waals surface area contributed by atoms with Crippen LogP contribution in [0.15, 0.2) is 10.9 Å². The number of likely N-dealkylation sites (N-methyl/N-ethyl adjacent to an activating group) is 1. The van der Waals surface area contributed by atoms with Gasteiger partial charge >= 0.3 is 0 Å². The van der Waals surface area contributed by atoms with Crippen molar-refractivity contribution in [2.24, 2.45) is 5.41 Å². The molecule has 0 unspecified atom stereocenters. The summed E-state index contributed by atoms with van der Waals surface area (Å²) in [4.78, 5) is 16.2. The first-order valence-electron chi connectivity index (χ1n) is 5.04. The zero-order valence-corrected chi connectivity index (χ0v) is 10.5. The van der Waals surface area contributed by atoms with Crippen molar-refractivity contribution in [3.8, 4) is 0 Å². The van der Waals surface area contributed by atoms with E-state index in [1.54, 1.807) is 16.8 Å². The van der Waals surface area contributed by atoms with Crippen molar-refractivity contribution in [3.05, 3.63) is 16.6 Å². The van der Waals surface area contributed by atoms with E-state index in [0.29, 0.717) is 6.42 Å². The van der Waals surface area contributed by atoms with E-state index in [-0.39, 0.29) is 17.2 Å². The van der Waals surface area contributed by atoms with Crippen molar-refractivity contribution >= 4 is 17.1 Å². The third-order valence-corrected chi connectivity index (χ3v) is 2.94. The molecule has 0 spiro atoms. The number of rotatable bonds is 4. The molecule has 0 saturated heterocycles. The van der Waals surface area contributed by atoms with Gasteiger partial charge in [-0.05, 0) is 7.05 Å². The number of carbonyl (C=O) groups excluding carboxylic acids is 1. The van der Waals surface area contributed by atoms with Crippen molar-refractivity contribution < 1.29 is 4.79 Å². The molecule has 0 amide bonds. The zero-order chi connectivity index (χ0) is 11.5. The quantitative estimate of drug-likeness (QED) is 0.852. The number of thiazole rings is 1. The van der Waals surface area contributed by atoms with Gasteiger partial charge in [-0.25, -0.2) is 4.98 Å². The Balaban J connectivity index is 2.69. The maximum atomic E-state index is 12.0. The first-order valence-corrected chi connectivity index (χ1v) is 5.98. The predicted octanol–water partition coefficient (Wildman–Crippen LogP) is 1.89. The maximum absolute atomic E-state index is 12.0. The molecule has 0 aromatic carbocycles. The summed E-state index contributed by atoms with van der Waals surface area (Å²) < 4.78 is 0. The second-order valence-electron chi connectivity index (χ2n) is 4.64. The van der Waals surface area contributed by atoms with Gasteiger partial charge in [-0.2, -0.15) is 0 Å². The number of aromatic nitrogens is 1. The summed E-state index contributed by atoms with van der Waals surface area (Å²) in [5.74, 6) is 0.234. The van der Waals surface area contributed by atoms with Gasteiger partial charge in [0.1, 0.15) is 0 Å². The molecule has 1 heterocycles. The first kappa shape index (κ1) is 12.3. The molecule has 3 nitrogen and oxygen atoms in total. The van der Waals surface area contributed by atoms with Crippen molar-refractivity contribution in [2.75, 3.05) is 7.05 Å². The summed E-state index contributed by atoms with van der Waals surface area (Å²) in [6, 6.07) is -0.132. The molecule has 1 aromatic heterocycles. The smallest absolute Gasteiger partial charge is 0.155 e. The minimum Gasteiger partial charge on any atom is -0.310 e. The SMILES string of the molecule is CN[C@@H](Cc1cscn1)C(=O)C(C)(C)C. The number of carbonyl (C=O) groups is 1. The summed E-state index contributed by atoms with van der Waals surface area (Å²) in [6.45, 7) is 5.84. The average Bonchev–Trinajstić information content (AvgIpc) is 2.64. The highest BCUT2D eigenvalue weighted by molar-refractivity contribution is 7.07. The van der Waals surface area contributed by atoms with E-state index in [1.807, 2.05) is 33.2 Å². The molecule has 1 atom stereocenters. The van der Waals surface area contributed by atoms with Crippen molar-refractivity contribution in [1.82, 2.24) is 10.3 Å². The van der Waals surface area contributed by atoms with Crippen LogP contribution in [0.1, 0.15) is 26.5 Å². The molecular formula is C11H18N2OS. The monoisotopic (exact) mass is 226 g/mol. The summed E-state index contributed by atoms with van der Waals surface area (Å²) in [6.07, 6.45) is 0.677. The van der Waals surface area contributed by atoms with Gasteiger partial charge in [0.25, 0.3) is 0 Å². The standard InChI is InChI=1S/C11H18N2OS/c1-11(2,3)10(14)9(12-4)5-8-6-15-7-13-8/h6-7,9,12H,5H2,1-4H3/t9-/m0/s1. The van der Waals surface area contributed by atoms with Gasteiger partial charge in [0.2, 0.25) is 0 Å². The lowest BCUT2D eigenvalue weighted by Gasteiger charge is -2.23. The van der Waals surface area contributed by atoms with Gasteiger partial charge in [-0.15, -0.1) is 11.3 Å². The normalized spacial score (nSPS) is 13.9. The minimum atomic E-state index is -0.302. The van der Waals surface area contributed by atoms with Crippen molar-refractivity contribution in [3.63, 3.8) is 0 Å². The van der Waals surface area contributed by atoms with Crippen LogP contribution in [0.4, 0.5) is 0 Å². The lowest BCUT2D eigenvalue weighted by atomic mass is 9.85. The number of hydrogen-bond donors (Lipinski definition) is 1. The highest BCUT2D eigenvalue weighted by Gasteiger charge is 2.28. The Morgan fingerprint density at radius 3 is 2.67 bits per heavy atom. The Morgan fingerprint density at radius 2 is 2.27 bits per heavy atom. The van der Waals surface area contributed by atoms with Gasteiger partial charge in [0, 0.05) is 17.2 Å². The molecule has 15 heavy (non-hydrogen) atoms. The molecule has 1 rings (SSSR count). The molecule has 0 aliphatic carbocycles. The molecule has 4 heteroatoms. The van der Waals surface area contributed by atoms with E-state index in [9.17, 15) is 4.79 Å². The topological polar surface area (TPSA) is 42.0 Å². The molecule has 0 bridgehead atoms. The zero-order valence-electron chi connectivity index (χ0n) is 9.70. The number of Topliss-reactive ketones (excluding diaryl/α,β-unsaturated/α-hetero) is 1. The fourth-order valence-corrected chi connectivity index (χ4v) is 1.97. The average molecular weight is 226 g/mol. The fraction of sp³-hybridized carbons (Fsp3) is 0.636. The van der Waals surface area contributed by atoms with E-state index in [1.165, 1.54) is 0 Å². The molecule has 1 N–H and O–H groups in total. The third kappa shape index (κ3) is 3.39. The Bertz CT molecular complexity index is 314. The minimum absolute atomic E-state index is 0.132. The lowest BCUT2D eigenvalue weighted by Crippen LogP contribution is -2.42. The van der Waals surface area contributed by atoms with Crippen LogP contribution in [-0.2, 0) is 11.2 Å². The predicted molar refractivity (Wildman–Crippen MR) is 63.1 cm³/mol. The number of ketones is 1. The maximum Gasteiger partial charge on any atom is 0.155 e. The highest BCUT2D eigenvalue weighted by Crippen LogP contribution is 2.18. The summed E-state index contributed by atoms with van der Waals surface area (Å²) >= 11 is 1.56. The van der Waals surface area contributed by atoms with E-state index in [2.05, 4.69) is 10.3 Å². The molecule has 1 aromatic rings. The van der Waals surface area contributed by atoms with Crippen LogP contribution in [-0.4, -0.2) is 23.9 Å².